The number of fused-ring (bicyclic) bond motifs is 3. The molecule has 0 aliphatic rings. The molecule has 26 heavy (non-hydrogen) atoms. The third kappa shape index (κ3) is 3.02. The molecular formula is C21H15BrN2O2. The first-order valence-corrected chi connectivity index (χ1v) is 8.90. The van der Waals surface area contributed by atoms with Crippen molar-refractivity contribution in [2.75, 3.05) is 5.73 Å². The standard InChI is InChI=1S/C21H15BrN2O2/c22-18-11-14-8-9-24-20(23)19(14)16-7-6-15(10-17(16)18)21(25)26-12-13-4-2-1-3-5-13/h1-11H,12H2,(H2,23,24). The molecule has 0 bridgehead atoms. The van der Waals surface area contributed by atoms with Gasteiger partial charge in [-0.25, -0.2) is 9.78 Å². The number of hydrogen-bond acceptors (Lipinski definition) is 4. The number of benzene rings is 3. The summed E-state index contributed by atoms with van der Waals surface area (Å²) in [6, 6.07) is 19.0. The van der Waals surface area contributed by atoms with Crippen molar-refractivity contribution in [1.82, 2.24) is 4.98 Å². The molecule has 128 valence electrons. The maximum absolute atomic E-state index is 12.4. The Morgan fingerprint density at radius 2 is 1.85 bits per heavy atom. The lowest BCUT2D eigenvalue weighted by Gasteiger charge is -2.10. The second-order valence-electron chi connectivity index (χ2n) is 5.97. The number of aromatic nitrogens is 1. The Kier molecular flexibility index (Phi) is 4.31. The van der Waals surface area contributed by atoms with Gasteiger partial charge in [0.25, 0.3) is 0 Å². The van der Waals surface area contributed by atoms with Crippen molar-refractivity contribution in [2.24, 2.45) is 0 Å². The fraction of sp³-hybridized carbons (Fsp3) is 0.0476. The monoisotopic (exact) mass is 406 g/mol. The highest BCUT2D eigenvalue weighted by Gasteiger charge is 2.13. The summed E-state index contributed by atoms with van der Waals surface area (Å²) in [4.78, 5) is 16.6. The van der Waals surface area contributed by atoms with Crippen LogP contribution >= 0.6 is 15.9 Å². The van der Waals surface area contributed by atoms with Crippen LogP contribution in [0.4, 0.5) is 5.82 Å². The zero-order valence-electron chi connectivity index (χ0n) is 13.8. The minimum atomic E-state index is -0.359. The smallest absolute Gasteiger partial charge is 0.338 e. The van der Waals surface area contributed by atoms with Crippen LogP contribution in [0.3, 0.4) is 0 Å². The highest BCUT2D eigenvalue weighted by Crippen LogP contribution is 2.34. The first-order valence-electron chi connectivity index (χ1n) is 8.11. The van der Waals surface area contributed by atoms with Crippen molar-refractivity contribution in [2.45, 2.75) is 6.61 Å². The van der Waals surface area contributed by atoms with Gasteiger partial charge in [-0.3, -0.25) is 0 Å². The highest BCUT2D eigenvalue weighted by atomic mass is 79.9. The van der Waals surface area contributed by atoms with Crippen LogP contribution in [0, 0.1) is 0 Å². The first kappa shape index (κ1) is 16.5. The molecule has 3 aromatic carbocycles. The molecule has 0 atom stereocenters. The van der Waals surface area contributed by atoms with Gasteiger partial charge in [0, 0.05) is 16.1 Å². The number of anilines is 1. The summed E-state index contributed by atoms with van der Waals surface area (Å²) in [6.45, 7) is 0.244. The quantitative estimate of drug-likeness (QED) is 0.380. The van der Waals surface area contributed by atoms with E-state index in [0.717, 1.165) is 31.6 Å². The number of pyridine rings is 1. The molecule has 0 fully saturated rings. The second kappa shape index (κ2) is 6.77. The Morgan fingerprint density at radius 3 is 2.65 bits per heavy atom. The summed E-state index contributed by atoms with van der Waals surface area (Å²) in [6.07, 6.45) is 1.69. The van der Waals surface area contributed by atoms with Crippen molar-refractivity contribution in [3.8, 4) is 0 Å². The van der Waals surface area contributed by atoms with Crippen LogP contribution in [0.25, 0.3) is 21.5 Å². The molecular weight excluding hydrogens is 392 g/mol. The second-order valence-corrected chi connectivity index (χ2v) is 6.83. The number of esters is 1. The highest BCUT2D eigenvalue weighted by molar-refractivity contribution is 9.10. The predicted molar refractivity (Wildman–Crippen MR) is 107 cm³/mol. The van der Waals surface area contributed by atoms with Gasteiger partial charge >= 0.3 is 5.97 Å². The van der Waals surface area contributed by atoms with Crippen LogP contribution in [0.1, 0.15) is 15.9 Å². The predicted octanol–water partition coefficient (Wildman–Crippen LogP) is 5.09. The summed E-state index contributed by atoms with van der Waals surface area (Å²) in [5.41, 5.74) is 7.51. The zero-order chi connectivity index (χ0) is 18.1. The summed E-state index contributed by atoms with van der Waals surface area (Å²) < 4.78 is 6.31. The SMILES string of the molecule is Nc1nccc2cc(Br)c3cc(C(=O)OCc4ccccc4)ccc3c12. The van der Waals surface area contributed by atoms with E-state index in [9.17, 15) is 4.79 Å². The van der Waals surface area contributed by atoms with E-state index in [4.69, 9.17) is 10.5 Å². The zero-order valence-corrected chi connectivity index (χ0v) is 15.4. The Labute approximate surface area is 158 Å². The molecule has 0 radical (unpaired) electrons. The van der Waals surface area contributed by atoms with Crippen molar-refractivity contribution < 1.29 is 9.53 Å². The lowest BCUT2D eigenvalue weighted by atomic mass is 10.0. The van der Waals surface area contributed by atoms with Gasteiger partial charge in [-0.2, -0.15) is 0 Å². The van der Waals surface area contributed by atoms with Crippen LogP contribution in [0.15, 0.2) is 71.3 Å². The van der Waals surface area contributed by atoms with Crippen molar-refractivity contribution in [3.63, 3.8) is 0 Å². The van der Waals surface area contributed by atoms with Gasteiger partial charge < -0.3 is 10.5 Å². The molecule has 0 aliphatic carbocycles. The summed E-state index contributed by atoms with van der Waals surface area (Å²) >= 11 is 3.59. The maximum atomic E-state index is 12.4. The number of carbonyl (C=O) groups is 1. The molecule has 0 saturated heterocycles. The van der Waals surface area contributed by atoms with Crippen molar-refractivity contribution >= 4 is 49.3 Å². The Bertz CT molecular complexity index is 1130. The number of hydrogen-bond donors (Lipinski definition) is 1. The summed E-state index contributed by atoms with van der Waals surface area (Å²) in [5, 5.41) is 3.72. The number of rotatable bonds is 3. The Morgan fingerprint density at radius 1 is 1.04 bits per heavy atom. The fourth-order valence-electron chi connectivity index (χ4n) is 3.01. The largest absolute Gasteiger partial charge is 0.457 e. The van der Waals surface area contributed by atoms with Gasteiger partial charge in [0.05, 0.1) is 5.56 Å². The van der Waals surface area contributed by atoms with Crippen LogP contribution in [0.2, 0.25) is 0 Å². The minimum absolute atomic E-state index is 0.244. The van der Waals surface area contributed by atoms with Gasteiger partial charge in [-0.1, -0.05) is 52.3 Å². The molecule has 0 spiro atoms. The molecule has 1 heterocycles. The molecule has 2 N–H and O–H groups in total. The molecule has 4 nitrogen and oxygen atoms in total. The van der Waals surface area contributed by atoms with Crippen LogP contribution in [-0.2, 0) is 11.3 Å². The fourth-order valence-corrected chi connectivity index (χ4v) is 3.59. The normalized spacial score (nSPS) is 11.0. The molecule has 0 amide bonds. The van der Waals surface area contributed by atoms with Gasteiger partial charge in [0.15, 0.2) is 0 Å². The molecule has 5 heteroatoms. The number of nitrogen functional groups attached to an aromatic ring is 1. The van der Waals surface area contributed by atoms with E-state index in [1.165, 1.54) is 0 Å². The third-order valence-corrected chi connectivity index (χ3v) is 4.95. The molecule has 0 aliphatic heterocycles. The summed E-state index contributed by atoms with van der Waals surface area (Å²) in [7, 11) is 0. The van der Waals surface area contributed by atoms with E-state index >= 15 is 0 Å². The van der Waals surface area contributed by atoms with Crippen molar-refractivity contribution in [3.05, 3.63) is 82.5 Å². The lowest BCUT2D eigenvalue weighted by molar-refractivity contribution is 0.0473. The van der Waals surface area contributed by atoms with Crippen LogP contribution in [0.5, 0.6) is 0 Å². The number of halogens is 1. The van der Waals surface area contributed by atoms with E-state index in [0.29, 0.717) is 11.4 Å². The molecule has 0 saturated carbocycles. The Balaban J connectivity index is 1.71. The van der Waals surface area contributed by atoms with Gasteiger partial charge in [-0.15, -0.1) is 0 Å². The van der Waals surface area contributed by atoms with Crippen molar-refractivity contribution in [1.29, 1.82) is 0 Å². The van der Waals surface area contributed by atoms with Gasteiger partial charge in [0.1, 0.15) is 12.4 Å². The molecule has 4 rings (SSSR count). The van der Waals surface area contributed by atoms with E-state index < -0.39 is 0 Å². The maximum Gasteiger partial charge on any atom is 0.338 e. The van der Waals surface area contributed by atoms with Gasteiger partial charge in [-0.05, 0) is 46.0 Å². The van der Waals surface area contributed by atoms with Crippen LogP contribution in [-0.4, -0.2) is 11.0 Å². The van der Waals surface area contributed by atoms with Crippen LogP contribution < -0.4 is 5.73 Å². The first-order chi connectivity index (χ1) is 12.6. The number of ether oxygens (including phenoxy) is 1. The number of carbonyl (C=O) groups excluding carboxylic acids is 1. The molecule has 4 aromatic rings. The lowest BCUT2D eigenvalue weighted by Crippen LogP contribution is -2.05. The average Bonchev–Trinajstić information content (AvgIpc) is 2.67. The van der Waals surface area contributed by atoms with E-state index in [2.05, 4.69) is 20.9 Å². The Hall–Kier alpha value is -2.92. The molecule has 0 unspecified atom stereocenters. The van der Waals surface area contributed by atoms with Gasteiger partial charge in [0.2, 0.25) is 0 Å². The third-order valence-electron chi connectivity index (χ3n) is 4.29. The van der Waals surface area contributed by atoms with E-state index in [1.54, 1.807) is 12.3 Å². The van der Waals surface area contributed by atoms with E-state index in [1.807, 2.05) is 54.6 Å². The molecule has 1 aromatic heterocycles. The number of nitrogens with zero attached hydrogens (tertiary/aromatic N) is 1. The summed E-state index contributed by atoms with van der Waals surface area (Å²) in [5.74, 6) is 0.112. The topological polar surface area (TPSA) is 65.2 Å². The number of nitrogens with two attached hydrogens (primary N) is 1. The average molecular weight is 407 g/mol. The van der Waals surface area contributed by atoms with E-state index in [-0.39, 0.29) is 12.6 Å². The minimum Gasteiger partial charge on any atom is -0.457 e.